The van der Waals surface area contributed by atoms with Crippen molar-refractivity contribution in [1.82, 2.24) is 25.6 Å². The van der Waals surface area contributed by atoms with Crippen molar-refractivity contribution in [1.29, 1.82) is 0 Å². The molecule has 1 fully saturated rings. The van der Waals surface area contributed by atoms with E-state index in [9.17, 15) is 4.79 Å². The second-order valence-electron chi connectivity index (χ2n) is 7.84. The molecule has 1 aliphatic heterocycles. The monoisotopic (exact) mass is 406 g/mol. The number of likely N-dealkylation sites (N-methyl/N-ethyl adjacent to an activating group) is 2. The van der Waals surface area contributed by atoms with Crippen LogP contribution in [0.3, 0.4) is 0 Å². The first-order chi connectivity index (χ1) is 14.0. The van der Waals surface area contributed by atoms with Gasteiger partial charge in [-0.15, -0.1) is 0 Å². The maximum Gasteiger partial charge on any atom is 0.243 e. The zero-order chi connectivity index (χ0) is 21.2. The standard InChI is InChI=1S/C21H38N6O2/c1-6-16(7-2)19-12-18(29-25-19)14-23-21(24-15-20(28)26(4)5)22-13-17-10-9-11-27(17)8-3/h12,16-17H,6-11,13-15H2,1-5H3,(H2,22,23,24). The summed E-state index contributed by atoms with van der Waals surface area (Å²) >= 11 is 0. The average Bonchev–Trinajstić information content (AvgIpc) is 3.37. The summed E-state index contributed by atoms with van der Waals surface area (Å²) in [6, 6.07) is 2.52. The van der Waals surface area contributed by atoms with Crippen LogP contribution in [0, 0.1) is 0 Å². The van der Waals surface area contributed by atoms with Crippen LogP contribution in [0.15, 0.2) is 15.6 Å². The second kappa shape index (κ2) is 11.8. The van der Waals surface area contributed by atoms with Crippen LogP contribution in [-0.4, -0.2) is 73.1 Å². The molecule has 1 atom stereocenters. The van der Waals surface area contributed by atoms with Gasteiger partial charge in [-0.1, -0.05) is 25.9 Å². The third kappa shape index (κ3) is 7.03. The molecule has 1 aliphatic rings. The van der Waals surface area contributed by atoms with Gasteiger partial charge in [0.05, 0.1) is 12.2 Å². The molecular weight excluding hydrogens is 368 g/mol. The van der Waals surface area contributed by atoms with Crippen LogP contribution < -0.4 is 10.6 Å². The fourth-order valence-electron chi connectivity index (χ4n) is 3.70. The van der Waals surface area contributed by atoms with E-state index in [1.54, 1.807) is 19.0 Å². The SMILES string of the molecule is CCC(CC)c1cc(CNC(=NCC(=O)N(C)C)NCC2CCCN2CC)on1. The number of amides is 1. The van der Waals surface area contributed by atoms with Gasteiger partial charge >= 0.3 is 0 Å². The molecule has 2 rings (SSSR count). The molecule has 0 saturated carbocycles. The summed E-state index contributed by atoms with van der Waals surface area (Å²) in [6.45, 7) is 10.1. The van der Waals surface area contributed by atoms with Crippen LogP contribution in [0.4, 0.5) is 0 Å². The minimum absolute atomic E-state index is 0.0298. The minimum atomic E-state index is -0.0298. The molecule has 1 unspecified atom stereocenters. The summed E-state index contributed by atoms with van der Waals surface area (Å²) in [5.41, 5.74) is 1.01. The van der Waals surface area contributed by atoms with Gasteiger partial charge in [-0.3, -0.25) is 9.69 Å². The van der Waals surface area contributed by atoms with E-state index in [-0.39, 0.29) is 12.5 Å². The Morgan fingerprint density at radius 3 is 2.76 bits per heavy atom. The number of guanidine groups is 1. The molecule has 0 aliphatic carbocycles. The first kappa shape index (κ1) is 23.2. The quantitative estimate of drug-likeness (QED) is 0.458. The van der Waals surface area contributed by atoms with Crippen LogP contribution in [0.1, 0.15) is 63.8 Å². The van der Waals surface area contributed by atoms with Crippen LogP contribution in [0.25, 0.3) is 0 Å². The second-order valence-corrected chi connectivity index (χ2v) is 7.84. The number of aromatic nitrogens is 1. The third-order valence-electron chi connectivity index (χ3n) is 5.69. The van der Waals surface area contributed by atoms with Crippen molar-refractivity contribution >= 4 is 11.9 Å². The fourth-order valence-corrected chi connectivity index (χ4v) is 3.70. The van der Waals surface area contributed by atoms with E-state index in [0.29, 0.717) is 24.5 Å². The van der Waals surface area contributed by atoms with E-state index in [1.807, 2.05) is 6.07 Å². The minimum Gasteiger partial charge on any atom is -0.359 e. The molecule has 2 heterocycles. The Kier molecular flexibility index (Phi) is 9.44. The molecule has 8 heteroatoms. The first-order valence-electron chi connectivity index (χ1n) is 10.9. The Balaban J connectivity index is 1.97. The zero-order valence-corrected chi connectivity index (χ0v) is 18.7. The summed E-state index contributed by atoms with van der Waals surface area (Å²) in [5.74, 6) is 1.80. The van der Waals surface area contributed by atoms with Crippen molar-refractivity contribution in [3.05, 3.63) is 17.5 Å². The predicted octanol–water partition coefficient (Wildman–Crippen LogP) is 2.19. The summed E-state index contributed by atoms with van der Waals surface area (Å²) in [4.78, 5) is 20.5. The molecule has 2 N–H and O–H groups in total. The molecule has 0 spiro atoms. The molecule has 29 heavy (non-hydrogen) atoms. The lowest BCUT2D eigenvalue weighted by Gasteiger charge is -2.24. The Labute approximate surface area is 175 Å². The number of rotatable bonds is 10. The van der Waals surface area contributed by atoms with Crippen molar-refractivity contribution in [2.24, 2.45) is 4.99 Å². The molecule has 164 valence electrons. The number of likely N-dealkylation sites (tertiary alicyclic amines) is 1. The largest absolute Gasteiger partial charge is 0.359 e. The molecule has 1 aromatic heterocycles. The van der Waals surface area contributed by atoms with Gasteiger partial charge in [0.25, 0.3) is 0 Å². The summed E-state index contributed by atoms with van der Waals surface area (Å²) < 4.78 is 5.50. The maximum atomic E-state index is 12.0. The van der Waals surface area contributed by atoms with Gasteiger partial charge in [0.1, 0.15) is 6.54 Å². The zero-order valence-electron chi connectivity index (χ0n) is 18.7. The molecule has 1 amide bonds. The number of hydrogen-bond acceptors (Lipinski definition) is 5. The smallest absolute Gasteiger partial charge is 0.243 e. The van der Waals surface area contributed by atoms with E-state index in [4.69, 9.17) is 4.52 Å². The Morgan fingerprint density at radius 2 is 2.10 bits per heavy atom. The van der Waals surface area contributed by atoms with Gasteiger partial charge in [0.15, 0.2) is 11.7 Å². The van der Waals surface area contributed by atoms with Crippen molar-refractivity contribution in [2.75, 3.05) is 40.3 Å². The lowest BCUT2D eigenvalue weighted by atomic mass is 9.99. The van der Waals surface area contributed by atoms with Crippen LogP contribution >= 0.6 is 0 Å². The highest BCUT2D eigenvalue weighted by Gasteiger charge is 2.23. The predicted molar refractivity (Wildman–Crippen MR) is 116 cm³/mol. The van der Waals surface area contributed by atoms with E-state index >= 15 is 0 Å². The molecule has 1 saturated heterocycles. The van der Waals surface area contributed by atoms with Crippen LogP contribution in [0.2, 0.25) is 0 Å². The van der Waals surface area contributed by atoms with Crippen molar-refractivity contribution in [3.8, 4) is 0 Å². The molecule has 8 nitrogen and oxygen atoms in total. The summed E-state index contributed by atoms with van der Waals surface area (Å²) in [7, 11) is 3.48. The highest BCUT2D eigenvalue weighted by atomic mass is 16.5. The normalized spacial score (nSPS) is 17.7. The van der Waals surface area contributed by atoms with Gasteiger partial charge in [-0.05, 0) is 38.8 Å². The van der Waals surface area contributed by atoms with Crippen LogP contribution in [0.5, 0.6) is 0 Å². The Hall–Kier alpha value is -2.09. The van der Waals surface area contributed by atoms with Crippen molar-refractivity contribution in [2.45, 2.75) is 65.0 Å². The maximum absolute atomic E-state index is 12.0. The van der Waals surface area contributed by atoms with E-state index in [2.05, 4.69) is 46.5 Å². The molecule has 0 bridgehead atoms. The fraction of sp³-hybridized carbons (Fsp3) is 0.762. The average molecular weight is 407 g/mol. The summed E-state index contributed by atoms with van der Waals surface area (Å²) in [6.07, 6.45) is 4.51. The van der Waals surface area contributed by atoms with E-state index in [0.717, 1.165) is 43.9 Å². The topological polar surface area (TPSA) is 86.0 Å². The summed E-state index contributed by atoms with van der Waals surface area (Å²) in [5, 5.41) is 10.9. The molecular formula is C21H38N6O2. The number of nitrogens with zero attached hydrogens (tertiary/aromatic N) is 4. The highest BCUT2D eigenvalue weighted by Crippen LogP contribution is 2.22. The molecule has 1 aromatic rings. The first-order valence-corrected chi connectivity index (χ1v) is 10.9. The van der Waals surface area contributed by atoms with Gasteiger partial charge in [-0.25, -0.2) is 4.99 Å². The van der Waals surface area contributed by atoms with Gasteiger partial charge in [0, 0.05) is 38.7 Å². The third-order valence-corrected chi connectivity index (χ3v) is 5.69. The van der Waals surface area contributed by atoms with Crippen LogP contribution in [-0.2, 0) is 11.3 Å². The molecule has 0 radical (unpaired) electrons. The lowest BCUT2D eigenvalue weighted by molar-refractivity contribution is -0.127. The lowest BCUT2D eigenvalue weighted by Crippen LogP contribution is -2.45. The van der Waals surface area contributed by atoms with Gasteiger partial charge in [0.2, 0.25) is 5.91 Å². The van der Waals surface area contributed by atoms with Crippen molar-refractivity contribution < 1.29 is 9.32 Å². The Morgan fingerprint density at radius 1 is 1.34 bits per heavy atom. The number of carbonyl (C=O) groups excluding carboxylic acids is 1. The van der Waals surface area contributed by atoms with Gasteiger partial charge < -0.3 is 20.1 Å². The van der Waals surface area contributed by atoms with E-state index in [1.165, 1.54) is 12.8 Å². The number of nitrogens with one attached hydrogen (secondary N) is 2. The van der Waals surface area contributed by atoms with Gasteiger partial charge in [-0.2, -0.15) is 0 Å². The number of aliphatic imine (C=N–C) groups is 1. The highest BCUT2D eigenvalue weighted by molar-refractivity contribution is 5.84. The Bertz CT molecular complexity index is 653. The van der Waals surface area contributed by atoms with Crippen molar-refractivity contribution in [3.63, 3.8) is 0 Å². The number of hydrogen-bond donors (Lipinski definition) is 2. The number of carbonyl (C=O) groups is 1. The van der Waals surface area contributed by atoms with E-state index < -0.39 is 0 Å². The molecule has 0 aromatic carbocycles.